The van der Waals surface area contributed by atoms with Gasteiger partial charge in [-0.05, 0) is 29.6 Å². The van der Waals surface area contributed by atoms with Crippen LogP contribution in [0.3, 0.4) is 0 Å². The number of hydrogen-bond donors (Lipinski definition) is 1. The minimum atomic E-state index is -0.352. The fourth-order valence-electron chi connectivity index (χ4n) is 2.55. The van der Waals surface area contributed by atoms with Crippen molar-refractivity contribution >= 4 is 17.2 Å². The van der Waals surface area contributed by atoms with E-state index in [9.17, 15) is 4.79 Å². The number of benzene rings is 1. The molecule has 1 atom stereocenters. The summed E-state index contributed by atoms with van der Waals surface area (Å²) >= 11 is 1.58. The van der Waals surface area contributed by atoms with Crippen LogP contribution in [0.15, 0.2) is 66.2 Å². The summed E-state index contributed by atoms with van der Waals surface area (Å²) in [4.78, 5) is 17.9. The number of amides is 1. The Balaban J connectivity index is 1.89. The number of carbonyl (C=O) groups is 1. The Kier molecular flexibility index (Phi) is 5.23. The smallest absolute Gasteiger partial charge is 0.226 e. The number of thiophene rings is 1. The topological polar surface area (TPSA) is 51.2 Å². The first-order valence-corrected chi connectivity index (χ1v) is 8.51. The van der Waals surface area contributed by atoms with E-state index >= 15 is 0 Å². The van der Waals surface area contributed by atoms with Crippen LogP contribution in [0.2, 0.25) is 0 Å². The molecule has 0 spiro atoms. The van der Waals surface area contributed by atoms with Gasteiger partial charge in [0.2, 0.25) is 5.91 Å². The van der Waals surface area contributed by atoms with Crippen molar-refractivity contribution in [3.63, 3.8) is 0 Å². The first kappa shape index (κ1) is 16.2. The third-order valence-corrected chi connectivity index (χ3v) is 4.53. The molecule has 4 nitrogen and oxygen atoms in total. The predicted octanol–water partition coefficient (Wildman–Crippen LogP) is 3.60. The average molecular weight is 338 g/mol. The Labute approximate surface area is 145 Å². The molecule has 0 aliphatic carbocycles. The zero-order valence-corrected chi connectivity index (χ0v) is 14.1. The number of carbonyl (C=O) groups excluding carboxylic acids is 1. The van der Waals surface area contributed by atoms with Crippen LogP contribution < -0.4 is 10.1 Å². The lowest BCUT2D eigenvalue weighted by molar-refractivity contribution is -0.120. The molecule has 2 aromatic heterocycles. The van der Waals surface area contributed by atoms with Crippen LogP contribution in [-0.4, -0.2) is 18.0 Å². The van der Waals surface area contributed by atoms with Gasteiger partial charge >= 0.3 is 0 Å². The fourth-order valence-corrected chi connectivity index (χ4v) is 3.25. The summed E-state index contributed by atoms with van der Waals surface area (Å²) in [5.41, 5.74) is 1.67. The van der Waals surface area contributed by atoms with Gasteiger partial charge in [0.05, 0.1) is 25.3 Å². The summed E-state index contributed by atoms with van der Waals surface area (Å²) in [6, 6.07) is 16.9. The molecule has 0 aliphatic rings. The second-order valence-electron chi connectivity index (χ2n) is 5.25. The van der Waals surface area contributed by atoms with E-state index in [0.717, 1.165) is 21.9 Å². The van der Waals surface area contributed by atoms with Gasteiger partial charge in [-0.25, -0.2) is 0 Å². The van der Waals surface area contributed by atoms with E-state index in [0.29, 0.717) is 6.42 Å². The number of para-hydroxylation sites is 1. The van der Waals surface area contributed by atoms with Gasteiger partial charge in [-0.2, -0.15) is 0 Å². The molecule has 1 aromatic carbocycles. The molecule has 3 aromatic rings. The second-order valence-corrected chi connectivity index (χ2v) is 6.29. The van der Waals surface area contributed by atoms with Crippen molar-refractivity contribution in [3.05, 3.63) is 82.3 Å². The number of aromatic nitrogens is 1. The van der Waals surface area contributed by atoms with Crippen molar-refractivity contribution in [2.75, 3.05) is 7.11 Å². The summed E-state index contributed by atoms with van der Waals surface area (Å²) in [6.07, 6.45) is 2.08. The molecule has 5 heteroatoms. The average Bonchev–Trinajstić information content (AvgIpc) is 3.13. The standard InChI is InChI=1S/C19H18N2O2S/c1-23-17-10-3-2-8-15(17)19(16-9-4-5-11-20-16)21-18(22)13-14-7-6-12-24-14/h2-12,19H,13H2,1H3,(H,21,22). The van der Waals surface area contributed by atoms with Crippen molar-refractivity contribution in [2.45, 2.75) is 12.5 Å². The number of methoxy groups -OCH3 is 1. The SMILES string of the molecule is COc1ccccc1C(NC(=O)Cc1cccs1)c1ccccn1. The Hall–Kier alpha value is -2.66. The molecule has 0 saturated heterocycles. The Morgan fingerprint density at radius 1 is 1.17 bits per heavy atom. The largest absolute Gasteiger partial charge is 0.496 e. The van der Waals surface area contributed by atoms with Gasteiger partial charge in [0.1, 0.15) is 5.75 Å². The number of ether oxygens (including phenoxy) is 1. The number of rotatable bonds is 6. The van der Waals surface area contributed by atoms with Crippen LogP contribution in [0, 0.1) is 0 Å². The Morgan fingerprint density at radius 3 is 2.71 bits per heavy atom. The van der Waals surface area contributed by atoms with E-state index < -0.39 is 0 Å². The molecule has 0 bridgehead atoms. The molecule has 24 heavy (non-hydrogen) atoms. The van der Waals surface area contributed by atoms with Crippen molar-refractivity contribution in [2.24, 2.45) is 0 Å². The molecule has 0 saturated carbocycles. The van der Waals surface area contributed by atoms with Gasteiger partial charge in [0.25, 0.3) is 0 Å². The van der Waals surface area contributed by atoms with Crippen molar-refractivity contribution < 1.29 is 9.53 Å². The zero-order valence-electron chi connectivity index (χ0n) is 13.3. The van der Waals surface area contributed by atoms with Crippen LogP contribution >= 0.6 is 11.3 Å². The van der Waals surface area contributed by atoms with Gasteiger partial charge < -0.3 is 10.1 Å². The second kappa shape index (κ2) is 7.75. The lowest BCUT2D eigenvalue weighted by atomic mass is 10.0. The number of pyridine rings is 1. The number of nitrogens with one attached hydrogen (secondary N) is 1. The molecular weight excluding hydrogens is 320 g/mol. The third-order valence-electron chi connectivity index (χ3n) is 3.65. The Bertz CT molecular complexity index is 788. The molecule has 1 N–H and O–H groups in total. The van der Waals surface area contributed by atoms with Crippen molar-refractivity contribution in [3.8, 4) is 5.75 Å². The maximum atomic E-state index is 12.5. The number of nitrogens with zero attached hydrogens (tertiary/aromatic N) is 1. The van der Waals surface area contributed by atoms with Crippen molar-refractivity contribution in [1.29, 1.82) is 0 Å². The monoisotopic (exact) mass is 338 g/mol. The third kappa shape index (κ3) is 3.81. The normalized spacial score (nSPS) is 11.7. The van der Waals surface area contributed by atoms with Crippen LogP contribution in [-0.2, 0) is 11.2 Å². The van der Waals surface area contributed by atoms with Crippen molar-refractivity contribution in [1.82, 2.24) is 10.3 Å². The first-order valence-electron chi connectivity index (χ1n) is 7.63. The summed E-state index contributed by atoms with van der Waals surface area (Å²) in [6.45, 7) is 0. The highest BCUT2D eigenvalue weighted by molar-refractivity contribution is 7.10. The molecule has 3 rings (SSSR count). The van der Waals surface area contributed by atoms with Crippen LogP contribution in [0.1, 0.15) is 22.2 Å². The number of hydrogen-bond acceptors (Lipinski definition) is 4. The van der Waals surface area contributed by atoms with Crippen LogP contribution in [0.25, 0.3) is 0 Å². The molecule has 2 heterocycles. The molecular formula is C19H18N2O2S. The van der Waals surface area contributed by atoms with Gasteiger partial charge in [-0.1, -0.05) is 30.3 Å². The highest BCUT2D eigenvalue weighted by Gasteiger charge is 2.21. The lowest BCUT2D eigenvalue weighted by Gasteiger charge is -2.21. The van der Waals surface area contributed by atoms with Crippen LogP contribution in [0.5, 0.6) is 5.75 Å². The zero-order chi connectivity index (χ0) is 16.8. The van der Waals surface area contributed by atoms with Gasteiger partial charge in [0.15, 0.2) is 0 Å². The quantitative estimate of drug-likeness (QED) is 0.747. The van der Waals surface area contributed by atoms with E-state index in [2.05, 4.69) is 10.3 Å². The Morgan fingerprint density at radius 2 is 2.00 bits per heavy atom. The highest BCUT2D eigenvalue weighted by Crippen LogP contribution is 2.29. The summed E-state index contributed by atoms with van der Waals surface area (Å²) in [5, 5.41) is 5.06. The fraction of sp³-hybridized carbons (Fsp3) is 0.158. The molecule has 1 unspecified atom stereocenters. The summed E-state index contributed by atoms with van der Waals surface area (Å²) in [7, 11) is 1.63. The van der Waals surface area contributed by atoms with E-state index in [1.807, 2.05) is 60.0 Å². The summed E-state index contributed by atoms with van der Waals surface area (Å²) in [5.74, 6) is 0.684. The minimum absolute atomic E-state index is 0.0426. The van der Waals surface area contributed by atoms with Crippen LogP contribution in [0.4, 0.5) is 0 Å². The van der Waals surface area contributed by atoms with Gasteiger partial charge in [-0.15, -0.1) is 11.3 Å². The van der Waals surface area contributed by atoms with E-state index in [-0.39, 0.29) is 11.9 Å². The molecule has 122 valence electrons. The first-order chi connectivity index (χ1) is 11.8. The minimum Gasteiger partial charge on any atom is -0.496 e. The lowest BCUT2D eigenvalue weighted by Crippen LogP contribution is -2.31. The molecule has 1 amide bonds. The van der Waals surface area contributed by atoms with E-state index in [4.69, 9.17) is 4.74 Å². The van der Waals surface area contributed by atoms with E-state index in [1.165, 1.54) is 0 Å². The molecule has 0 aliphatic heterocycles. The van der Waals surface area contributed by atoms with Gasteiger partial charge in [0, 0.05) is 16.6 Å². The van der Waals surface area contributed by atoms with E-state index in [1.54, 1.807) is 24.6 Å². The maximum Gasteiger partial charge on any atom is 0.226 e. The predicted molar refractivity (Wildman–Crippen MR) is 95.2 cm³/mol. The highest BCUT2D eigenvalue weighted by atomic mass is 32.1. The molecule has 0 fully saturated rings. The van der Waals surface area contributed by atoms with Gasteiger partial charge in [-0.3, -0.25) is 9.78 Å². The maximum absolute atomic E-state index is 12.5. The molecule has 0 radical (unpaired) electrons. The summed E-state index contributed by atoms with van der Waals surface area (Å²) < 4.78 is 5.46.